The number of hydrogen-bond acceptors (Lipinski definition) is 6. The molecule has 2 fully saturated rings. The van der Waals surface area contributed by atoms with Crippen molar-refractivity contribution in [3.8, 4) is 0 Å². The van der Waals surface area contributed by atoms with Gasteiger partial charge in [0, 0.05) is 39.3 Å². The first kappa shape index (κ1) is 16.6. The van der Waals surface area contributed by atoms with Crippen molar-refractivity contribution >= 4 is 6.01 Å². The van der Waals surface area contributed by atoms with Crippen molar-refractivity contribution in [2.45, 2.75) is 18.1 Å². The molecule has 3 heterocycles. The molecule has 134 valence electrons. The molecule has 1 N–H and O–H groups in total. The summed E-state index contributed by atoms with van der Waals surface area (Å²) in [4.78, 5) is 11.2. The Morgan fingerprint density at radius 1 is 1.12 bits per heavy atom. The average Bonchev–Trinajstić information content (AvgIpc) is 3.18. The van der Waals surface area contributed by atoms with Crippen molar-refractivity contribution in [3.05, 3.63) is 48.4 Å². The molecule has 0 bridgehead atoms. The maximum atomic E-state index is 11.7. The lowest BCUT2D eigenvalue weighted by Gasteiger charge is -2.50. The summed E-state index contributed by atoms with van der Waals surface area (Å²) >= 11 is 0. The average molecular weight is 342 g/mol. The number of anilines is 1. The molecule has 2 aromatic rings. The van der Waals surface area contributed by atoms with E-state index in [9.17, 15) is 5.11 Å². The molecule has 1 aromatic carbocycles. The van der Waals surface area contributed by atoms with Crippen LogP contribution in [0.4, 0.5) is 6.01 Å². The fourth-order valence-electron chi connectivity index (χ4n) is 4.08. The van der Waals surface area contributed by atoms with Crippen LogP contribution in [0.15, 0.2) is 47.2 Å². The summed E-state index contributed by atoms with van der Waals surface area (Å²) in [6.45, 7) is 5.44. The molecule has 0 spiro atoms. The number of piperidine rings is 1. The minimum Gasteiger partial charge on any atom is -0.432 e. The van der Waals surface area contributed by atoms with Crippen LogP contribution in [0.2, 0.25) is 0 Å². The number of aliphatic hydroxyl groups is 1. The van der Waals surface area contributed by atoms with E-state index in [0.29, 0.717) is 12.4 Å². The summed E-state index contributed by atoms with van der Waals surface area (Å²) in [5, 5.41) is 11.7. The molecule has 6 heteroatoms. The van der Waals surface area contributed by atoms with Crippen molar-refractivity contribution in [2.75, 3.05) is 51.2 Å². The molecule has 4 rings (SSSR count). The van der Waals surface area contributed by atoms with Crippen LogP contribution in [0.5, 0.6) is 0 Å². The summed E-state index contributed by atoms with van der Waals surface area (Å²) in [6.07, 6.45) is 3.95. The molecule has 1 aromatic heterocycles. The maximum Gasteiger partial charge on any atom is 0.297 e. The van der Waals surface area contributed by atoms with Gasteiger partial charge in [0.2, 0.25) is 0 Å². The lowest BCUT2D eigenvalue weighted by molar-refractivity contribution is -0.0762. The van der Waals surface area contributed by atoms with E-state index >= 15 is 0 Å². The van der Waals surface area contributed by atoms with Gasteiger partial charge in [-0.3, -0.25) is 4.90 Å². The van der Waals surface area contributed by atoms with E-state index in [1.54, 1.807) is 12.5 Å². The van der Waals surface area contributed by atoms with E-state index in [0.717, 1.165) is 44.8 Å². The number of likely N-dealkylation sites (N-methyl/N-ethyl adjacent to an activating group) is 1. The predicted molar refractivity (Wildman–Crippen MR) is 96.5 cm³/mol. The standard InChI is InChI=1S/C19H26N4O2/c1-21-10-12-22(13-11-21)17-15-23(18-20-8-14-25-18)9-7-19(17,24)16-5-3-2-4-6-16/h2-6,8,14,17,24H,7,9-13,15H2,1H3/t17-,19+/m1/s1. The fraction of sp³-hybridized carbons (Fsp3) is 0.526. The van der Waals surface area contributed by atoms with Gasteiger partial charge in [-0.2, -0.15) is 0 Å². The van der Waals surface area contributed by atoms with Gasteiger partial charge in [0.05, 0.1) is 12.2 Å². The maximum absolute atomic E-state index is 11.7. The first-order valence-corrected chi connectivity index (χ1v) is 9.02. The Balaban J connectivity index is 1.63. The molecule has 2 atom stereocenters. The Bertz CT molecular complexity index is 670. The highest BCUT2D eigenvalue weighted by Gasteiger charge is 2.46. The van der Waals surface area contributed by atoms with Gasteiger partial charge in [0.25, 0.3) is 6.01 Å². The van der Waals surface area contributed by atoms with E-state index in [1.807, 2.05) is 30.3 Å². The zero-order valence-electron chi connectivity index (χ0n) is 14.7. The van der Waals surface area contributed by atoms with Crippen molar-refractivity contribution in [1.29, 1.82) is 0 Å². The molecule has 25 heavy (non-hydrogen) atoms. The summed E-state index contributed by atoms with van der Waals surface area (Å²) in [5.41, 5.74) is 0.159. The third kappa shape index (κ3) is 3.17. The quantitative estimate of drug-likeness (QED) is 0.910. The minimum absolute atomic E-state index is 0.0178. The van der Waals surface area contributed by atoms with E-state index in [2.05, 4.69) is 26.7 Å². The number of hydrogen-bond donors (Lipinski definition) is 1. The molecule has 0 radical (unpaired) electrons. The second-order valence-corrected chi connectivity index (χ2v) is 7.16. The fourth-order valence-corrected chi connectivity index (χ4v) is 4.08. The molecular weight excluding hydrogens is 316 g/mol. The molecule has 2 saturated heterocycles. The molecule has 0 unspecified atom stereocenters. The van der Waals surface area contributed by atoms with Crippen LogP contribution in [-0.4, -0.2) is 72.2 Å². The van der Waals surface area contributed by atoms with Crippen LogP contribution < -0.4 is 4.90 Å². The Kier molecular flexibility index (Phi) is 4.50. The molecule has 2 aliphatic rings. The molecule has 0 amide bonds. The van der Waals surface area contributed by atoms with Gasteiger partial charge in [0.1, 0.15) is 11.9 Å². The van der Waals surface area contributed by atoms with E-state index < -0.39 is 5.60 Å². The molecule has 0 saturated carbocycles. The van der Waals surface area contributed by atoms with Gasteiger partial charge in [0.15, 0.2) is 0 Å². The highest BCUT2D eigenvalue weighted by atomic mass is 16.4. The summed E-state index contributed by atoms with van der Waals surface area (Å²) in [7, 11) is 2.15. The normalized spacial score (nSPS) is 29.0. The van der Waals surface area contributed by atoms with Crippen LogP contribution in [0, 0.1) is 0 Å². The first-order chi connectivity index (χ1) is 12.2. The number of oxazole rings is 1. The largest absolute Gasteiger partial charge is 0.432 e. The molecule has 2 aliphatic heterocycles. The van der Waals surface area contributed by atoms with E-state index in [-0.39, 0.29) is 6.04 Å². The molecular formula is C19H26N4O2. The molecule has 6 nitrogen and oxygen atoms in total. The van der Waals surface area contributed by atoms with Crippen molar-refractivity contribution in [3.63, 3.8) is 0 Å². The van der Waals surface area contributed by atoms with Crippen molar-refractivity contribution in [1.82, 2.24) is 14.8 Å². The number of nitrogens with zero attached hydrogens (tertiary/aromatic N) is 4. The van der Waals surface area contributed by atoms with Crippen molar-refractivity contribution in [2.24, 2.45) is 0 Å². The predicted octanol–water partition coefficient (Wildman–Crippen LogP) is 1.39. The van der Waals surface area contributed by atoms with Crippen molar-refractivity contribution < 1.29 is 9.52 Å². The van der Waals surface area contributed by atoms with Gasteiger partial charge in [-0.15, -0.1) is 0 Å². The van der Waals surface area contributed by atoms with Crippen LogP contribution >= 0.6 is 0 Å². The number of rotatable bonds is 3. The van der Waals surface area contributed by atoms with Gasteiger partial charge in [-0.1, -0.05) is 30.3 Å². The zero-order valence-corrected chi connectivity index (χ0v) is 14.7. The van der Waals surface area contributed by atoms with Gasteiger partial charge >= 0.3 is 0 Å². The van der Waals surface area contributed by atoms with E-state index in [1.165, 1.54) is 0 Å². The van der Waals surface area contributed by atoms with Crippen LogP contribution in [0.3, 0.4) is 0 Å². The minimum atomic E-state index is -0.847. The lowest BCUT2D eigenvalue weighted by Crippen LogP contribution is -2.63. The van der Waals surface area contributed by atoms with Crippen LogP contribution in [0.25, 0.3) is 0 Å². The second kappa shape index (κ2) is 6.78. The van der Waals surface area contributed by atoms with Crippen LogP contribution in [0.1, 0.15) is 12.0 Å². The summed E-state index contributed by atoms with van der Waals surface area (Å²) < 4.78 is 5.51. The Hall–Kier alpha value is -1.89. The lowest BCUT2D eigenvalue weighted by atomic mass is 9.79. The Morgan fingerprint density at radius 2 is 1.88 bits per heavy atom. The topological polar surface area (TPSA) is 56.0 Å². The van der Waals surface area contributed by atoms with Gasteiger partial charge in [-0.05, 0) is 19.0 Å². The third-order valence-corrected chi connectivity index (χ3v) is 5.65. The third-order valence-electron chi connectivity index (χ3n) is 5.65. The first-order valence-electron chi connectivity index (χ1n) is 9.02. The number of piperazine rings is 1. The Labute approximate surface area is 148 Å². The Morgan fingerprint density at radius 3 is 2.56 bits per heavy atom. The zero-order chi connectivity index (χ0) is 17.3. The smallest absolute Gasteiger partial charge is 0.297 e. The highest BCUT2D eigenvalue weighted by molar-refractivity contribution is 5.33. The van der Waals surface area contributed by atoms with Gasteiger partial charge < -0.3 is 19.3 Å². The van der Waals surface area contributed by atoms with E-state index in [4.69, 9.17) is 4.42 Å². The summed E-state index contributed by atoms with van der Waals surface area (Å²) in [6, 6.07) is 10.8. The number of benzene rings is 1. The summed E-state index contributed by atoms with van der Waals surface area (Å²) in [5.74, 6) is 0. The highest BCUT2D eigenvalue weighted by Crippen LogP contribution is 2.37. The van der Waals surface area contributed by atoms with Gasteiger partial charge in [-0.25, -0.2) is 4.98 Å². The van der Waals surface area contributed by atoms with Crippen LogP contribution in [-0.2, 0) is 5.60 Å². The monoisotopic (exact) mass is 342 g/mol. The second-order valence-electron chi connectivity index (χ2n) is 7.16. The SMILES string of the molecule is CN1CCN([C@@H]2CN(c3ncco3)CC[C@]2(O)c2ccccc2)CC1. The molecule has 0 aliphatic carbocycles. The number of aromatic nitrogens is 1.